The first-order chi connectivity index (χ1) is 8.79. The normalized spacial score (nSPS) is 18.1. The van der Waals surface area contributed by atoms with Crippen molar-refractivity contribution >= 4 is 11.8 Å². The summed E-state index contributed by atoms with van der Waals surface area (Å²) in [6.45, 7) is 5.47. The summed E-state index contributed by atoms with van der Waals surface area (Å²) in [6.07, 6.45) is 8.73. The van der Waals surface area contributed by atoms with Crippen LogP contribution in [0.25, 0.3) is 0 Å². The minimum absolute atomic E-state index is 0.406. The van der Waals surface area contributed by atoms with E-state index < -0.39 is 0 Å². The molecule has 0 bridgehead atoms. The van der Waals surface area contributed by atoms with Gasteiger partial charge >= 0.3 is 0 Å². The predicted molar refractivity (Wildman–Crippen MR) is 79.1 cm³/mol. The second kappa shape index (κ2) is 7.15. The van der Waals surface area contributed by atoms with Crippen LogP contribution in [0, 0.1) is 0 Å². The Morgan fingerprint density at radius 1 is 1.39 bits per heavy atom. The molecule has 1 aliphatic carbocycles. The van der Waals surface area contributed by atoms with Gasteiger partial charge in [-0.15, -0.1) is 11.8 Å². The van der Waals surface area contributed by atoms with Gasteiger partial charge < -0.3 is 5.32 Å². The van der Waals surface area contributed by atoms with Crippen LogP contribution >= 0.6 is 11.8 Å². The van der Waals surface area contributed by atoms with Crippen molar-refractivity contribution in [3.05, 3.63) is 23.9 Å². The molecule has 1 fully saturated rings. The molecule has 2 nitrogen and oxygen atoms in total. The van der Waals surface area contributed by atoms with E-state index in [0.29, 0.717) is 6.04 Å². The van der Waals surface area contributed by atoms with Crippen molar-refractivity contribution < 1.29 is 0 Å². The first kappa shape index (κ1) is 13.9. The van der Waals surface area contributed by atoms with Gasteiger partial charge in [-0.25, -0.2) is 4.98 Å². The fraction of sp³-hybridized carbons (Fsp3) is 0.667. The molecule has 1 aromatic heterocycles. The van der Waals surface area contributed by atoms with Crippen molar-refractivity contribution in [2.24, 2.45) is 0 Å². The van der Waals surface area contributed by atoms with E-state index in [-0.39, 0.29) is 0 Å². The van der Waals surface area contributed by atoms with Gasteiger partial charge in [-0.1, -0.05) is 25.8 Å². The summed E-state index contributed by atoms with van der Waals surface area (Å²) in [5, 5.41) is 5.49. The zero-order valence-corrected chi connectivity index (χ0v) is 12.3. The summed E-state index contributed by atoms with van der Waals surface area (Å²) in [5.41, 5.74) is 1.29. The van der Waals surface area contributed by atoms with Gasteiger partial charge in [-0.05, 0) is 44.4 Å². The highest BCUT2D eigenvalue weighted by Gasteiger charge is 2.16. The predicted octanol–water partition coefficient (Wildman–Crippen LogP) is 4.18. The molecule has 1 unspecified atom stereocenters. The van der Waals surface area contributed by atoms with E-state index in [1.807, 2.05) is 18.0 Å². The van der Waals surface area contributed by atoms with E-state index in [4.69, 9.17) is 0 Å². The van der Waals surface area contributed by atoms with Gasteiger partial charge in [0, 0.05) is 17.5 Å². The van der Waals surface area contributed by atoms with Crippen LogP contribution in [0.4, 0.5) is 0 Å². The van der Waals surface area contributed by atoms with Gasteiger partial charge in [0.15, 0.2) is 0 Å². The van der Waals surface area contributed by atoms with Crippen LogP contribution in [0.1, 0.15) is 57.6 Å². The molecule has 0 spiro atoms. The smallest absolute Gasteiger partial charge is 0.0962 e. The van der Waals surface area contributed by atoms with Crippen molar-refractivity contribution in [2.75, 3.05) is 6.54 Å². The van der Waals surface area contributed by atoms with Crippen molar-refractivity contribution in [3.8, 4) is 0 Å². The lowest BCUT2D eigenvalue weighted by Crippen LogP contribution is -2.19. The second-order valence-corrected chi connectivity index (χ2v) is 6.45. The van der Waals surface area contributed by atoms with Crippen LogP contribution in [0.5, 0.6) is 0 Å². The molecule has 3 heteroatoms. The Morgan fingerprint density at radius 2 is 2.17 bits per heavy atom. The molecule has 1 N–H and O–H groups in total. The average Bonchev–Trinajstić information content (AvgIpc) is 2.89. The van der Waals surface area contributed by atoms with Crippen molar-refractivity contribution in [1.29, 1.82) is 0 Å². The summed E-state index contributed by atoms with van der Waals surface area (Å²) in [6, 6.07) is 4.81. The minimum atomic E-state index is 0.406. The first-order valence-electron chi connectivity index (χ1n) is 7.15. The van der Waals surface area contributed by atoms with E-state index in [1.165, 1.54) is 42.7 Å². The molecular weight excluding hydrogens is 240 g/mol. The van der Waals surface area contributed by atoms with Crippen LogP contribution in [0.2, 0.25) is 0 Å². The Kier molecular flexibility index (Phi) is 5.51. The Hall–Kier alpha value is -0.540. The third-order valence-corrected chi connectivity index (χ3v) is 4.84. The first-order valence-corrected chi connectivity index (χ1v) is 8.03. The largest absolute Gasteiger partial charge is 0.310 e. The number of rotatable bonds is 6. The van der Waals surface area contributed by atoms with Gasteiger partial charge in [0.25, 0.3) is 0 Å². The number of hydrogen-bond acceptors (Lipinski definition) is 3. The number of pyridine rings is 1. The van der Waals surface area contributed by atoms with Crippen molar-refractivity contribution in [1.82, 2.24) is 10.3 Å². The number of aromatic nitrogens is 1. The summed E-state index contributed by atoms with van der Waals surface area (Å²) < 4.78 is 0. The summed E-state index contributed by atoms with van der Waals surface area (Å²) >= 11 is 1.96. The molecular formula is C15H24N2S. The lowest BCUT2D eigenvalue weighted by atomic mass is 10.1. The maximum Gasteiger partial charge on any atom is 0.0962 e. The van der Waals surface area contributed by atoms with E-state index in [2.05, 4.69) is 36.3 Å². The second-order valence-electron chi connectivity index (χ2n) is 5.13. The van der Waals surface area contributed by atoms with Crippen LogP contribution < -0.4 is 5.32 Å². The Morgan fingerprint density at radius 3 is 2.78 bits per heavy atom. The third-order valence-electron chi connectivity index (χ3n) is 3.55. The molecule has 1 aromatic rings. The SMILES string of the molecule is CCCNC(C)c1ccc(SC2CCCC2)nc1. The summed E-state index contributed by atoms with van der Waals surface area (Å²) in [4.78, 5) is 4.59. The molecule has 18 heavy (non-hydrogen) atoms. The van der Waals surface area contributed by atoms with Crippen LogP contribution in [-0.2, 0) is 0 Å². The van der Waals surface area contributed by atoms with Gasteiger partial charge in [-0.3, -0.25) is 0 Å². The molecule has 2 rings (SSSR count). The number of nitrogens with zero attached hydrogens (tertiary/aromatic N) is 1. The maximum atomic E-state index is 4.59. The maximum absolute atomic E-state index is 4.59. The summed E-state index contributed by atoms with van der Waals surface area (Å²) in [5.74, 6) is 0. The van der Waals surface area contributed by atoms with E-state index >= 15 is 0 Å². The molecule has 0 aromatic carbocycles. The fourth-order valence-electron chi connectivity index (χ4n) is 2.37. The Labute approximate surface area is 115 Å². The van der Waals surface area contributed by atoms with Crippen molar-refractivity contribution in [3.63, 3.8) is 0 Å². The van der Waals surface area contributed by atoms with E-state index in [9.17, 15) is 0 Å². The number of nitrogens with one attached hydrogen (secondary N) is 1. The van der Waals surface area contributed by atoms with Crippen LogP contribution in [0.3, 0.4) is 0 Å². The molecule has 1 heterocycles. The molecule has 1 saturated carbocycles. The van der Waals surface area contributed by atoms with Gasteiger partial charge in [0.2, 0.25) is 0 Å². The molecule has 1 aliphatic rings. The Balaban J connectivity index is 1.88. The van der Waals surface area contributed by atoms with Gasteiger partial charge in [0.05, 0.1) is 5.03 Å². The topological polar surface area (TPSA) is 24.9 Å². The summed E-state index contributed by atoms with van der Waals surface area (Å²) in [7, 11) is 0. The highest BCUT2D eigenvalue weighted by Crippen LogP contribution is 2.33. The van der Waals surface area contributed by atoms with Gasteiger partial charge in [0.1, 0.15) is 0 Å². The van der Waals surface area contributed by atoms with E-state index in [0.717, 1.165) is 11.8 Å². The van der Waals surface area contributed by atoms with E-state index in [1.54, 1.807) is 0 Å². The third kappa shape index (κ3) is 3.99. The quantitative estimate of drug-likeness (QED) is 0.834. The zero-order valence-electron chi connectivity index (χ0n) is 11.5. The monoisotopic (exact) mass is 264 g/mol. The number of thioether (sulfide) groups is 1. The highest BCUT2D eigenvalue weighted by molar-refractivity contribution is 7.99. The highest BCUT2D eigenvalue weighted by atomic mass is 32.2. The number of hydrogen-bond donors (Lipinski definition) is 1. The zero-order chi connectivity index (χ0) is 12.8. The average molecular weight is 264 g/mol. The Bertz CT molecular complexity index is 344. The standard InChI is InChI=1S/C15H24N2S/c1-3-10-16-12(2)13-8-9-15(17-11-13)18-14-6-4-5-7-14/h8-9,11-12,14,16H,3-7,10H2,1-2H3. The van der Waals surface area contributed by atoms with Crippen LogP contribution in [-0.4, -0.2) is 16.8 Å². The fourth-order valence-corrected chi connectivity index (χ4v) is 3.54. The molecule has 0 radical (unpaired) electrons. The lowest BCUT2D eigenvalue weighted by Gasteiger charge is -2.14. The van der Waals surface area contributed by atoms with Crippen molar-refractivity contribution in [2.45, 2.75) is 62.3 Å². The van der Waals surface area contributed by atoms with Gasteiger partial charge in [-0.2, -0.15) is 0 Å². The minimum Gasteiger partial charge on any atom is -0.310 e. The lowest BCUT2D eigenvalue weighted by molar-refractivity contribution is 0.568. The molecule has 0 amide bonds. The molecule has 0 aliphatic heterocycles. The molecule has 0 saturated heterocycles. The molecule has 100 valence electrons. The van der Waals surface area contributed by atoms with Crippen LogP contribution in [0.15, 0.2) is 23.4 Å². The molecule has 1 atom stereocenters.